The average Bonchev–Trinajstić information content (AvgIpc) is 2.95. The molecule has 0 saturated heterocycles. The Morgan fingerprint density at radius 1 is 1.56 bits per heavy atom. The van der Waals surface area contributed by atoms with Crippen molar-refractivity contribution in [1.82, 2.24) is 14.7 Å². The summed E-state index contributed by atoms with van der Waals surface area (Å²) in [5.74, 6) is -0.752. The van der Waals surface area contributed by atoms with Crippen LogP contribution in [0.25, 0.3) is 0 Å². The Labute approximate surface area is 107 Å². The number of hydrogen-bond donors (Lipinski definition) is 1. The Morgan fingerprint density at radius 3 is 2.94 bits per heavy atom. The number of hydrogen-bond acceptors (Lipinski definition) is 3. The van der Waals surface area contributed by atoms with Crippen LogP contribution in [0, 0.1) is 0 Å². The molecular formula is C13H21N3O2. The molecule has 1 heterocycles. The standard InChI is InChI=1S/C13H21N3O2/c1-15(8-7-13(17)18)10-11-6-9-16(14-11)12-4-2-3-5-12/h6,9,12H,2-5,7-8,10H2,1H3,(H,17,18). The topological polar surface area (TPSA) is 58.4 Å². The predicted octanol–water partition coefficient (Wildman–Crippen LogP) is 1.90. The van der Waals surface area contributed by atoms with E-state index in [2.05, 4.69) is 16.0 Å². The third-order valence-corrected chi connectivity index (χ3v) is 3.50. The number of aromatic nitrogens is 2. The Kier molecular flexibility index (Phi) is 4.36. The largest absolute Gasteiger partial charge is 0.481 e. The summed E-state index contributed by atoms with van der Waals surface area (Å²) in [4.78, 5) is 12.5. The Hall–Kier alpha value is -1.36. The number of nitrogens with zero attached hydrogens (tertiary/aromatic N) is 3. The summed E-state index contributed by atoms with van der Waals surface area (Å²) < 4.78 is 2.08. The first-order valence-corrected chi connectivity index (χ1v) is 6.59. The molecular weight excluding hydrogens is 230 g/mol. The van der Waals surface area contributed by atoms with Crippen molar-refractivity contribution in [2.45, 2.75) is 44.7 Å². The first kappa shape index (κ1) is 13.1. The van der Waals surface area contributed by atoms with E-state index in [9.17, 15) is 4.79 Å². The first-order valence-electron chi connectivity index (χ1n) is 6.59. The summed E-state index contributed by atoms with van der Waals surface area (Å²) in [5.41, 5.74) is 1.02. The van der Waals surface area contributed by atoms with Crippen molar-refractivity contribution >= 4 is 5.97 Å². The minimum atomic E-state index is -0.752. The van der Waals surface area contributed by atoms with Crippen molar-refractivity contribution in [1.29, 1.82) is 0 Å². The lowest BCUT2D eigenvalue weighted by atomic mass is 10.3. The van der Waals surface area contributed by atoms with E-state index in [0.717, 1.165) is 5.69 Å². The molecule has 2 rings (SSSR count). The van der Waals surface area contributed by atoms with Crippen molar-refractivity contribution in [3.8, 4) is 0 Å². The maximum absolute atomic E-state index is 10.5. The molecule has 1 fully saturated rings. The summed E-state index contributed by atoms with van der Waals surface area (Å²) in [6.45, 7) is 1.28. The lowest BCUT2D eigenvalue weighted by molar-refractivity contribution is -0.137. The van der Waals surface area contributed by atoms with E-state index >= 15 is 0 Å². The number of carbonyl (C=O) groups is 1. The van der Waals surface area contributed by atoms with Crippen LogP contribution < -0.4 is 0 Å². The van der Waals surface area contributed by atoms with E-state index in [1.165, 1.54) is 25.7 Å². The molecule has 0 aromatic carbocycles. The molecule has 5 nitrogen and oxygen atoms in total. The van der Waals surface area contributed by atoms with Gasteiger partial charge in [0.25, 0.3) is 0 Å². The molecule has 1 aromatic heterocycles. The summed E-state index contributed by atoms with van der Waals surface area (Å²) in [7, 11) is 1.93. The highest BCUT2D eigenvalue weighted by Gasteiger charge is 2.17. The zero-order valence-corrected chi connectivity index (χ0v) is 10.9. The predicted molar refractivity (Wildman–Crippen MR) is 68.3 cm³/mol. The fourth-order valence-electron chi connectivity index (χ4n) is 2.48. The molecule has 0 radical (unpaired) electrons. The molecule has 0 amide bonds. The van der Waals surface area contributed by atoms with Gasteiger partial charge in [-0.15, -0.1) is 0 Å². The lowest BCUT2D eigenvalue weighted by Crippen LogP contribution is -2.21. The molecule has 1 saturated carbocycles. The molecule has 0 unspecified atom stereocenters. The molecule has 1 N–H and O–H groups in total. The molecule has 1 aliphatic carbocycles. The Bertz CT molecular complexity index is 397. The minimum Gasteiger partial charge on any atom is -0.481 e. The highest BCUT2D eigenvalue weighted by molar-refractivity contribution is 5.66. The SMILES string of the molecule is CN(CCC(=O)O)Cc1ccn(C2CCCC2)n1. The van der Waals surface area contributed by atoms with Crippen LogP contribution in [0.5, 0.6) is 0 Å². The molecule has 1 aromatic rings. The summed E-state index contributed by atoms with van der Waals surface area (Å²) in [6.07, 6.45) is 7.30. The average molecular weight is 251 g/mol. The zero-order chi connectivity index (χ0) is 13.0. The van der Waals surface area contributed by atoms with Crippen LogP contribution in [-0.2, 0) is 11.3 Å². The summed E-state index contributed by atoms with van der Waals surface area (Å²) in [6, 6.07) is 2.61. The normalized spacial score (nSPS) is 16.6. The second-order valence-corrected chi connectivity index (χ2v) is 5.11. The van der Waals surface area contributed by atoms with Crippen molar-refractivity contribution < 1.29 is 9.90 Å². The smallest absolute Gasteiger partial charge is 0.304 e. The number of rotatable bonds is 6. The maximum atomic E-state index is 10.5. The van der Waals surface area contributed by atoms with Gasteiger partial charge in [0.2, 0.25) is 0 Å². The molecule has 0 atom stereocenters. The highest BCUT2D eigenvalue weighted by Crippen LogP contribution is 2.28. The van der Waals surface area contributed by atoms with Gasteiger partial charge < -0.3 is 5.11 Å². The van der Waals surface area contributed by atoms with Crippen LogP contribution in [0.2, 0.25) is 0 Å². The van der Waals surface area contributed by atoms with Gasteiger partial charge in [-0.2, -0.15) is 5.10 Å². The Balaban J connectivity index is 1.84. The van der Waals surface area contributed by atoms with Gasteiger partial charge in [0.05, 0.1) is 18.2 Å². The van der Waals surface area contributed by atoms with E-state index in [4.69, 9.17) is 5.11 Å². The van der Waals surface area contributed by atoms with Crippen LogP contribution in [0.4, 0.5) is 0 Å². The molecule has 18 heavy (non-hydrogen) atoms. The molecule has 5 heteroatoms. The molecule has 0 bridgehead atoms. The van der Waals surface area contributed by atoms with Gasteiger partial charge >= 0.3 is 5.97 Å². The van der Waals surface area contributed by atoms with Crippen LogP contribution in [-0.4, -0.2) is 39.3 Å². The van der Waals surface area contributed by atoms with Gasteiger partial charge in [-0.3, -0.25) is 14.4 Å². The van der Waals surface area contributed by atoms with Crippen LogP contribution in [0.15, 0.2) is 12.3 Å². The zero-order valence-electron chi connectivity index (χ0n) is 10.9. The molecule has 1 aliphatic rings. The number of carboxylic acids is 1. The monoisotopic (exact) mass is 251 g/mol. The second-order valence-electron chi connectivity index (χ2n) is 5.11. The van der Waals surface area contributed by atoms with Crippen molar-refractivity contribution in [3.63, 3.8) is 0 Å². The second kappa shape index (κ2) is 6.00. The van der Waals surface area contributed by atoms with E-state index < -0.39 is 5.97 Å². The van der Waals surface area contributed by atoms with E-state index in [1.807, 2.05) is 18.0 Å². The van der Waals surface area contributed by atoms with Gasteiger partial charge in [0.1, 0.15) is 0 Å². The lowest BCUT2D eigenvalue weighted by Gasteiger charge is -2.14. The van der Waals surface area contributed by atoms with E-state index in [0.29, 0.717) is 19.1 Å². The van der Waals surface area contributed by atoms with Crippen LogP contribution >= 0.6 is 0 Å². The van der Waals surface area contributed by atoms with Crippen LogP contribution in [0.3, 0.4) is 0 Å². The minimum absolute atomic E-state index is 0.180. The van der Waals surface area contributed by atoms with Crippen molar-refractivity contribution in [2.24, 2.45) is 0 Å². The van der Waals surface area contributed by atoms with Crippen molar-refractivity contribution in [3.05, 3.63) is 18.0 Å². The summed E-state index contributed by atoms with van der Waals surface area (Å²) >= 11 is 0. The fourth-order valence-corrected chi connectivity index (χ4v) is 2.48. The van der Waals surface area contributed by atoms with Gasteiger partial charge in [-0.1, -0.05) is 12.8 Å². The molecule has 100 valence electrons. The summed E-state index contributed by atoms with van der Waals surface area (Å²) in [5, 5.41) is 13.2. The first-order chi connectivity index (χ1) is 8.65. The third-order valence-electron chi connectivity index (χ3n) is 3.50. The quantitative estimate of drug-likeness (QED) is 0.839. The number of carboxylic acid groups (broad SMARTS) is 1. The van der Waals surface area contributed by atoms with Gasteiger partial charge in [-0.25, -0.2) is 0 Å². The van der Waals surface area contributed by atoms with E-state index in [1.54, 1.807) is 0 Å². The molecule has 0 spiro atoms. The van der Waals surface area contributed by atoms with Gasteiger partial charge in [0.15, 0.2) is 0 Å². The maximum Gasteiger partial charge on any atom is 0.304 e. The third kappa shape index (κ3) is 3.57. The van der Waals surface area contributed by atoms with Crippen LogP contribution in [0.1, 0.15) is 43.8 Å². The van der Waals surface area contributed by atoms with Crippen molar-refractivity contribution in [2.75, 3.05) is 13.6 Å². The number of aliphatic carboxylic acids is 1. The van der Waals surface area contributed by atoms with Gasteiger partial charge in [-0.05, 0) is 26.0 Å². The van der Waals surface area contributed by atoms with Gasteiger partial charge in [0, 0.05) is 19.3 Å². The fraction of sp³-hybridized carbons (Fsp3) is 0.692. The van der Waals surface area contributed by atoms with E-state index in [-0.39, 0.29) is 6.42 Å². The highest BCUT2D eigenvalue weighted by atomic mass is 16.4. The Morgan fingerprint density at radius 2 is 2.28 bits per heavy atom. The molecule has 0 aliphatic heterocycles.